The maximum absolute atomic E-state index is 6.03. The molecule has 1 aliphatic heterocycles. The second-order valence-corrected chi connectivity index (χ2v) is 8.68. The van der Waals surface area contributed by atoms with Crippen molar-refractivity contribution in [1.29, 1.82) is 0 Å². The second-order valence-electron chi connectivity index (χ2n) is 8.68. The van der Waals surface area contributed by atoms with Crippen LogP contribution in [0.5, 0.6) is 11.5 Å². The van der Waals surface area contributed by atoms with E-state index in [1.54, 1.807) is 20.4 Å². The highest BCUT2D eigenvalue weighted by atomic mass is 16.5. The van der Waals surface area contributed by atoms with E-state index in [1.807, 2.05) is 60.3 Å². The number of rotatable bonds is 7. The molecule has 0 bridgehead atoms. The van der Waals surface area contributed by atoms with Gasteiger partial charge < -0.3 is 13.9 Å². The Morgan fingerprint density at radius 2 is 1.82 bits per heavy atom. The summed E-state index contributed by atoms with van der Waals surface area (Å²) in [6, 6.07) is 16.2. The van der Waals surface area contributed by atoms with Crippen LogP contribution in [0.1, 0.15) is 35.8 Å². The molecule has 0 amide bonds. The summed E-state index contributed by atoms with van der Waals surface area (Å²) in [5.74, 6) is 3.77. The molecule has 3 heterocycles. The van der Waals surface area contributed by atoms with Crippen molar-refractivity contribution in [3.63, 3.8) is 0 Å². The number of methoxy groups -OCH3 is 2. The lowest BCUT2D eigenvalue weighted by Crippen LogP contribution is -2.32. The van der Waals surface area contributed by atoms with Crippen LogP contribution in [0.3, 0.4) is 0 Å². The lowest BCUT2D eigenvalue weighted by atomic mass is 9.88. The van der Waals surface area contributed by atoms with Crippen molar-refractivity contribution in [2.75, 3.05) is 27.3 Å². The van der Waals surface area contributed by atoms with E-state index in [0.717, 1.165) is 66.7 Å². The van der Waals surface area contributed by atoms with Gasteiger partial charge in [0, 0.05) is 30.6 Å². The Kier molecular flexibility index (Phi) is 6.36. The van der Waals surface area contributed by atoms with Crippen LogP contribution < -0.4 is 9.47 Å². The Morgan fingerprint density at radius 1 is 1.03 bits per heavy atom. The number of piperidine rings is 1. The third kappa shape index (κ3) is 4.56. The van der Waals surface area contributed by atoms with Gasteiger partial charge in [-0.15, -0.1) is 0 Å². The van der Waals surface area contributed by atoms with Gasteiger partial charge in [-0.25, -0.2) is 9.67 Å². The van der Waals surface area contributed by atoms with Crippen LogP contribution in [0.4, 0.5) is 0 Å². The summed E-state index contributed by atoms with van der Waals surface area (Å²) in [7, 11) is 3.41. The van der Waals surface area contributed by atoms with Crippen molar-refractivity contribution in [2.24, 2.45) is 0 Å². The number of ether oxygens (including phenoxy) is 2. The average molecular weight is 459 g/mol. The minimum Gasteiger partial charge on any atom is -0.497 e. The fourth-order valence-corrected chi connectivity index (χ4v) is 4.65. The van der Waals surface area contributed by atoms with Gasteiger partial charge in [-0.2, -0.15) is 5.10 Å². The molecular formula is C27H30N4O3. The Balaban J connectivity index is 1.23. The van der Waals surface area contributed by atoms with E-state index in [-0.39, 0.29) is 0 Å². The number of oxazole rings is 1. The standard InChI is InChI=1S/C27H30N4O3/c1-19-25(29-27(34-19)21-5-7-22(8-6-21)31-14-4-13-28-31)18-30-15-11-20(12-16-30)24-10-9-23(32-2)17-26(24)33-3/h4-10,13-14,17,20H,11-12,15-16,18H2,1-3H3. The summed E-state index contributed by atoms with van der Waals surface area (Å²) >= 11 is 0. The molecule has 0 spiro atoms. The average Bonchev–Trinajstić information content (AvgIpc) is 3.55. The first kappa shape index (κ1) is 22.2. The van der Waals surface area contributed by atoms with Gasteiger partial charge in [0.2, 0.25) is 5.89 Å². The molecule has 4 aromatic rings. The maximum Gasteiger partial charge on any atom is 0.226 e. The zero-order valence-electron chi connectivity index (χ0n) is 19.9. The number of hydrogen-bond donors (Lipinski definition) is 0. The van der Waals surface area contributed by atoms with Crippen LogP contribution >= 0.6 is 0 Å². The Bertz CT molecular complexity index is 1220. The molecule has 2 aromatic heterocycles. The summed E-state index contributed by atoms with van der Waals surface area (Å²) in [6.07, 6.45) is 5.87. The van der Waals surface area contributed by atoms with Gasteiger partial charge in [-0.05, 0) is 80.7 Å². The minimum atomic E-state index is 0.486. The predicted molar refractivity (Wildman–Crippen MR) is 131 cm³/mol. The monoisotopic (exact) mass is 458 g/mol. The molecule has 7 heteroatoms. The number of likely N-dealkylation sites (tertiary alicyclic amines) is 1. The summed E-state index contributed by atoms with van der Waals surface area (Å²) in [6.45, 7) is 4.83. The van der Waals surface area contributed by atoms with Crippen molar-refractivity contribution in [2.45, 2.75) is 32.2 Å². The van der Waals surface area contributed by atoms with E-state index < -0.39 is 0 Å². The Hall–Kier alpha value is -3.58. The van der Waals surface area contributed by atoms with E-state index in [4.69, 9.17) is 18.9 Å². The summed E-state index contributed by atoms with van der Waals surface area (Å²) in [4.78, 5) is 7.29. The molecule has 0 atom stereocenters. The lowest BCUT2D eigenvalue weighted by molar-refractivity contribution is 0.200. The van der Waals surface area contributed by atoms with E-state index in [9.17, 15) is 0 Å². The summed E-state index contributed by atoms with van der Waals surface area (Å²) in [5.41, 5.74) is 4.25. The number of aromatic nitrogens is 3. The van der Waals surface area contributed by atoms with Crippen LogP contribution in [0, 0.1) is 6.92 Å². The fraction of sp³-hybridized carbons (Fsp3) is 0.333. The first-order chi connectivity index (χ1) is 16.6. The number of benzene rings is 2. The normalized spacial score (nSPS) is 14.9. The van der Waals surface area contributed by atoms with E-state index >= 15 is 0 Å². The van der Waals surface area contributed by atoms with Crippen molar-refractivity contribution >= 4 is 0 Å². The molecule has 34 heavy (non-hydrogen) atoms. The third-order valence-corrected chi connectivity index (χ3v) is 6.62. The first-order valence-corrected chi connectivity index (χ1v) is 11.7. The van der Waals surface area contributed by atoms with E-state index in [1.165, 1.54) is 5.56 Å². The maximum atomic E-state index is 6.03. The molecule has 0 N–H and O–H groups in total. The molecule has 5 rings (SSSR count). The van der Waals surface area contributed by atoms with Crippen molar-refractivity contribution < 1.29 is 13.9 Å². The van der Waals surface area contributed by atoms with Crippen LogP contribution in [0.15, 0.2) is 65.3 Å². The molecule has 0 unspecified atom stereocenters. The van der Waals surface area contributed by atoms with Gasteiger partial charge in [0.25, 0.3) is 0 Å². The molecule has 7 nitrogen and oxygen atoms in total. The van der Waals surface area contributed by atoms with Crippen molar-refractivity contribution in [1.82, 2.24) is 19.7 Å². The molecular weight excluding hydrogens is 428 g/mol. The summed E-state index contributed by atoms with van der Waals surface area (Å²) in [5, 5.41) is 4.27. The van der Waals surface area contributed by atoms with Gasteiger partial charge in [-0.1, -0.05) is 6.07 Å². The Labute approximate surface area is 199 Å². The molecule has 1 aliphatic rings. The zero-order valence-corrected chi connectivity index (χ0v) is 19.9. The topological polar surface area (TPSA) is 65.5 Å². The zero-order chi connectivity index (χ0) is 23.5. The molecule has 1 fully saturated rings. The summed E-state index contributed by atoms with van der Waals surface area (Å²) < 4.78 is 18.8. The van der Waals surface area contributed by atoms with Crippen LogP contribution in [0.2, 0.25) is 0 Å². The molecule has 0 saturated carbocycles. The largest absolute Gasteiger partial charge is 0.497 e. The fourth-order valence-electron chi connectivity index (χ4n) is 4.65. The van der Waals surface area contributed by atoms with Crippen LogP contribution in [-0.2, 0) is 6.54 Å². The van der Waals surface area contributed by atoms with Gasteiger partial charge >= 0.3 is 0 Å². The molecule has 2 aromatic carbocycles. The minimum absolute atomic E-state index is 0.486. The van der Waals surface area contributed by atoms with Crippen LogP contribution in [-0.4, -0.2) is 47.0 Å². The van der Waals surface area contributed by atoms with Crippen LogP contribution in [0.25, 0.3) is 17.1 Å². The highest BCUT2D eigenvalue weighted by molar-refractivity contribution is 5.56. The SMILES string of the molecule is COc1ccc(C2CCN(Cc3nc(-c4ccc(-n5cccn5)cc4)oc3C)CC2)c(OC)c1. The van der Waals surface area contributed by atoms with Crippen molar-refractivity contribution in [3.8, 4) is 28.6 Å². The second kappa shape index (κ2) is 9.73. The molecule has 1 saturated heterocycles. The number of aryl methyl sites for hydroxylation is 1. The quantitative estimate of drug-likeness (QED) is 0.378. The van der Waals surface area contributed by atoms with E-state index in [2.05, 4.69) is 16.1 Å². The highest BCUT2D eigenvalue weighted by Gasteiger charge is 2.25. The van der Waals surface area contributed by atoms with Gasteiger partial charge in [0.1, 0.15) is 17.3 Å². The molecule has 0 radical (unpaired) electrons. The van der Waals surface area contributed by atoms with Gasteiger partial charge in [-0.3, -0.25) is 4.90 Å². The smallest absolute Gasteiger partial charge is 0.226 e. The Morgan fingerprint density at radius 3 is 2.50 bits per heavy atom. The van der Waals surface area contributed by atoms with Crippen molar-refractivity contribution in [3.05, 3.63) is 77.9 Å². The van der Waals surface area contributed by atoms with Gasteiger partial charge in [0.05, 0.1) is 25.6 Å². The molecule has 0 aliphatic carbocycles. The highest BCUT2D eigenvalue weighted by Crippen LogP contribution is 2.36. The third-order valence-electron chi connectivity index (χ3n) is 6.62. The predicted octanol–water partition coefficient (Wildman–Crippen LogP) is 5.23. The van der Waals surface area contributed by atoms with E-state index in [0.29, 0.717) is 11.8 Å². The number of hydrogen-bond acceptors (Lipinski definition) is 6. The number of nitrogens with zero attached hydrogens (tertiary/aromatic N) is 4. The van der Waals surface area contributed by atoms with Gasteiger partial charge in [0.15, 0.2) is 0 Å². The first-order valence-electron chi connectivity index (χ1n) is 11.7. The molecule has 176 valence electrons. The lowest BCUT2D eigenvalue weighted by Gasteiger charge is -2.32.